The quantitative estimate of drug-likeness (QED) is 0.877. The number of nitrogens with zero attached hydrogens (tertiary/aromatic N) is 2. The smallest absolute Gasteiger partial charge is 0.313 e. The van der Waals surface area contributed by atoms with Crippen LogP contribution in [0, 0.1) is 17.0 Å². The highest BCUT2D eigenvalue weighted by molar-refractivity contribution is 7.99. The second kappa shape index (κ2) is 5.63. The lowest BCUT2D eigenvalue weighted by atomic mass is 9.97. The minimum Gasteiger partial charge on any atom is -0.481 e. The molecule has 2 rings (SSSR count). The van der Waals surface area contributed by atoms with Gasteiger partial charge in [-0.2, -0.15) is 0 Å². The van der Waals surface area contributed by atoms with Gasteiger partial charge in [0, 0.05) is 6.54 Å². The van der Waals surface area contributed by atoms with Gasteiger partial charge in [-0.1, -0.05) is 32.5 Å². The van der Waals surface area contributed by atoms with Crippen molar-refractivity contribution in [3.8, 4) is 0 Å². The summed E-state index contributed by atoms with van der Waals surface area (Å²) >= 11 is 0.999. The summed E-state index contributed by atoms with van der Waals surface area (Å²) in [6.07, 6.45) is 0. The number of aliphatic carboxylic acids is 1. The van der Waals surface area contributed by atoms with Crippen LogP contribution in [0.25, 0.3) is 11.0 Å². The number of carboxylic acids is 1. The van der Waals surface area contributed by atoms with E-state index in [-0.39, 0.29) is 16.7 Å². The first-order chi connectivity index (χ1) is 9.69. The normalized spacial score (nSPS) is 12.0. The van der Waals surface area contributed by atoms with Crippen LogP contribution in [0.15, 0.2) is 17.3 Å². The van der Waals surface area contributed by atoms with Gasteiger partial charge in [0.1, 0.15) is 5.52 Å². The zero-order valence-corrected chi connectivity index (χ0v) is 12.8. The Morgan fingerprint density at radius 1 is 1.38 bits per heavy atom. The van der Waals surface area contributed by atoms with Crippen molar-refractivity contribution >= 4 is 28.8 Å². The molecule has 0 aliphatic rings. The standard InChI is InChI=1S/C14H16F2N2O2S/c1-14(2,3)7-18-12-9(5-4-8(15)11(12)16)17-13(18)21-6-10(19)20/h4-5H,6-7H2,1-3H3,(H,19,20). The molecule has 0 spiro atoms. The van der Waals surface area contributed by atoms with E-state index in [9.17, 15) is 13.6 Å². The molecule has 0 radical (unpaired) electrons. The molecular formula is C14H16F2N2O2S. The van der Waals surface area contributed by atoms with E-state index in [0.29, 0.717) is 17.2 Å². The predicted octanol–water partition coefficient (Wildman–Crippen LogP) is 3.54. The molecule has 114 valence electrons. The molecule has 0 unspecified atom stereocenters. The molecule has 7 heteroatoms. The zero-order valence-electron chi connectivity index (χ0n) is 12.0. The van der Waals surface area contributed by atoms with Gasteiger partial charge in [0.05, 0.1) is 11.3 Å². The first-order valence-corrected chi connectivity index (χ1v) is 7.36. The Morgan fingerprint density at radius 2 is 2.05 bits per heavy atom. The maximum Gasteiger partial charge on any atom is 0.313 e. The second-order valence-corrected chi connectivity index (χ2v) is 6.90. The fourth-order valence-corrected chi connectivity index (χ4v) is 2.72. The van der Waals surface area contributed by atoms with Crippen molar-refractivity contribution in [1.82, 2.24) is 9.55 Å². The molecule has 4 nitrogen and oxygen atoms in total. The maximum absolute atomic E-state index is 14.1. The first-order valence-electron chi connectivity index (χ1n) is 6.38. The number of halogens is 2. The summed E-state index contributed by atoms with van der Waals surface area (Å²) in [6, 6.07) is 2.43. The number of imidazole rings is 1. The van der Waals surface area contributed by atoms with Crippen LogP contribution in [-0.4, -0.2) is 26.4 Å². The Kier molecular flexibility index (Phi) is 4.22. The summed E-state index contributed by atoms with van der Waals surface area (Å²) in [5.74, 6) is -3.06. The third-order valence-corrected chi connectivity index (χ3v) is 3.68. The van der Waals surface area contributed by atoms with Gasteiger partial charge in [0.2, 0.25) is 0 Å². The molecule has 0 bridgehead atoms. The molecule has 0 fully saturated rings. The fraction of sp³-hybridized carbons (Fsp3) is 0.429. The molecule has 0 saturated carbocycles. The van der Waals surface area contributed by atoms with Crippen LogP contribution in [0.4, 0.5) is 8.78 Å². The number of thioether (sulfide) groups is 1. The van der Waals surface area contributed by atoms with Crippen LogP contribution in [0.3, 0.4) is 0 Å². The van der Waals surface area contributed by atoms with E-state index < -0.39 is 17.6 Å². The molecule has 1 heterocycles. The van der Waals surface area contributed by atoms with E-state index in [1.54, 1.807) is 4.57 Å². The Balaban J connectivity index is 2.58. The lowest BCUT2D eigenvalue weighted by molar-refractivity contribution is -0.133. The van der Waals surface area contributed by atoms with Crippen LogP contribution in [0.2, 0.25) is 0 Å². The molecular weight excluding hydrogens is 298 g/mol. The van der Waals surface area contributed by atoms with Gasteiger partial charge in [-0.05, 0) is 17.5 Å². The van der Waals surface area contributed by atoms with Crippen molar-refractivity contribution < 1.29 is 18.7 Å². The minimum atomic E-state index is -0.985. The number of rotatable bonds is 4. The number of benzene rings is 1. The Bertz CT molecular complexity index is 692. The zero-order chi connectivity index (χ0) is 15.8. The van der Waals surface area contributed by atoms with Crippen molar-refractivity contribution in [3.63, 3.8) is 0 Å². The van der Waals surface area contributed by atoms with E-state index in [2.05, 4.69) is 4.98 Å². The highest BCUT2D eigenvalue weighted by Gasteiger charge is 2.22. The highest BCUT2D eigenvalue weighted by atomic mass is 32.2. The molecule has 0 atom stereocenters. The third-order valence-electron chi connectivity index (χ3n) is 2.72. The summed E-state index contributed by atoms with van der Waals surface area (Å²) in [6.45, 7) is 6.29. The molecule has 0 amide bonds. The van der Waals surface area contributed by atoms with Crippen LogP contribution in [0.5, 0.6) is 0 Å². The number of carboxylic acid groups (broad SMARTS) is 1. The monoisotopic (exact) mass is 314 g/mol. The van der Waals surface area contributed by atoms with Crippen molar-refractivity contribution in [1.29, 1.82) is 0 Å². The van der Waals surface area contributed by atoms with E-state index in [0.717, 1.165) is 17.8 Å². The topological polar surface area (TPSA) is 55.1 Å². The summed E-state index contributed by atoms with van der Waals surface area (Å²) in [5, 5.41) is 9.16. The fourth-order valence-electron chi connectivity index (χ4n) is 1.99. The summed E-state index contributed by atoms with van der Waals surface area (Å²) < 4.78 is 29.1. The van der Waals surface area contributed by atoms with Gasteiger partial charge in [-0.25, -0.2) is 13.8 Å². The lowest BCUT2D eigenvalue weighted by Gasteiger charge is -2.21. The average Bonchev–Trinajstić information content (AvgIpc) is 2.68. The minimum absolute atomic E-state index is 0.0813. The van der Waals surface area contributed by atoms with Crippen LogP contribution in [-0.2, 0) is 11.3 Å². The number of carbonyl (C=O) groups is 1. The maximum atomic E-state index is 14.1. The van der Waals surface area contributed by atoms with Gasteiger partial charge in [0.25, 0.3) is 0 Å². The highest BCUT2D eigenvalue weighted by Crippen LogP contribution is 2.30. The van der Waals surface area contributed by atoms with Crippen LogP contribution < -0.4 is 0 Å². The molecule has 0 saturated heterocycles. The van der Waals surface area contributed by atoms with Gasteiger partial charge in [0.15, 0.2) is 16.8 Å². The molecule has 1 aromatic carbocycles. The van der Waals surface area contributed by atoms with E-state index in [4.69, 9.17) is 5.11 Å². The van der Waals surface area contributed by atoms with Crippen molar-refractivity contribution in [2.24, 2.45) is 5.41 Å². The van der Waals surface area contributed by atoms with Crippen LogP contribution in [0.1, 0.15) is 20.8 Å². The molecule has 2 aromatic rings. The van der Waals surface area contributed by atoms with E-state index >= 15 is 0 Å². The number of aromatic nitrogens is 2. The molecule has 0 aliphatic carbocycles. The summed E-state index contributed by atoms with van der Waals surface area (Å²) in [7, 11) is 0. The van der Waals surface area contributed by atoms with Gasteiger partial charge >= 0.3 is 5.97 Å². The third kappa shape index (κ3) is 3.53. The Morgan fingerprint density at radius 3 is 2.62 bits per heavy atom. The van der Waals surface area contributed by atoms with Gasteiger partial charge < -0.3 is 9.67 Å². The summed E-state index contributed by atoms with van der Waals surface area (Å²) in [5.41, 5.74) is 0.217. The van der Waals surface area contributed by atoms with E-state index in [1.165, 1.54) is 6.07 Å². The second-order valence-electron chi connectivity index (χ2n) is 5.95. The number of hydrogen-bond acceptors (Lipinski definition) is 3. The molecule has 1 N–H and O–H groups in total. The predicted molar refractivity (Wildman–Crippen MR) is 77.5 cm³/mol. The largest absolute Gasteiger partial charge is 0.481 e. The number of hydrogen-bond donors (Lipinski definition) is 1. The summed E-state index contributed by atoms with van der Waals surface area (Å²) in [4.78, 5) is 14.9. The molecule has 1 aromatic heterocycles. The van der Waals surface area contributed by atoms with Crippen molar-refractivity contribution in [2.75, 3.05) is 5.75 Å². The van der Waals surface area contributed by atoms with E-state index in [1.807, 2.05) is 20.8 Å². The van der Waals surface area contributed by atoms with Gasteiger partial charge in [-0.15, -0.1) is 0 Å². The SMILES string of the molecule is CC(C)(C)Cn1c(SCC(=O)O)nc2ccc(F)c(F)c21. The Labute approximate surface area is 125 Å². The van der Waals surface area contributed by atoms with Crippen molar-refractivity contribution in [3.05, 3.63) is 23.8 Å². The Hall–Kier alpha value is -1.63. The first kappa shape index (κ1) is 15.8. The van der Waals surface area contributed by atoms with Gasteiger partial charge in [-0.3, -0.25) is 4.79 Å². The molecule has 0 aliphatic heterocycles. The van der Waals surface area contributed by atoms with Crippen LogP contribution >= 0.6 is 11.8 Å². The van der Waals surface area contributed by atoms with Crippen molar-refractivity contribution in [2.45, 2.75) is 32.5 Å². The molecule has 21 heavy (non-hydrogen) atoms. The lowest BCUT2D eigenvalue weighted by Crippen LogP contribution is -2.17. The number of fused-ring (bicyclic) bond motifs is 1. The average molecular weight is 314 g/mol.